The van der Waals surface area contributed by atoms with Crippen LogP contribution in [0.1, 0.15) is 25.0 Å². The van der Waals surface area contributed by atoms with Gasteiger partial charge in [-0.05, 0) is 99.4 Å². The standard InChI is InChI=1S/C51H33BN2OS2/c1-51(2)37-16-7-10-20-43(37)56-46-28-34-35-27-36-33-15-6-9-19-42(33)55-50(36)49-47(35)52(39-17-12-22-45-48(39)53(49)40-18-8-11-21-44(40)57-45)54(41(34)29-38(46)51)32-25-23-31(24-26-32)30-13-4-3-5-14-30/h3-29H,1-2H3. The molecule has 0 amide bonds. The van der Waals surface area contributed by atoms with E-state index >= 15 is 0 Å². The molecular weight excluding hydrogens is 732 g/mol. The molecule has 268 valence electrons. The lowest BCUT2D eigenvalue weighted by atomic mass is 9.43. The van der Waals surface area contributed by atoms with Gasteiger partial charge in [0.25, 0.3) is 0 Å². The number of hydrogen-bond donors (Lipinski definition) is 0. The van der Waals surface area contributed by atoms with Gasteiger partial charge in [0.15, 0.2) is 5.58 Å². The van der Waals surface area contributed by atoms with Crippen molar-refractivity contribution in [3.63, 3.8) is 0 Å². The zero-order valence-corrected chi connectivity index (χ0v) is 32.9. The molecule has 0 saturated carbocycles. The normalized spacial score (nSPS) is 15.1. The Hall–Kier alpha value is -6.08. The average Bonchev–Trinajstić information content (AvgIpc) is 3.63. The molecule has 3 nitrogen and oxygen atoms in total. The molecule has 0 radical (unpaired) electrons. The molecule has 4 aliphatic heterocycles. The molecule has 6 heteroatoms. The third-order valence-electron chi connectivity index (χ3n) is 12.7. The quantitative estimate of drug-likeness (QED) is 0.163. The lowest BCUT2D eigenvalue weighted by Crippen LogP contribution is -2.62. The van der Waals surface area contributed by atoms with E-state index in [1.165, 1.54) is 86.6 Å². The van der Waals surface area contributed by atoms with Gasteiger partial charge in [0.2, 0.25) is 0 Å². The Morgan fingerprint density at radius 3 is 2.12 bits per heavy atom. The van der Waals surface area contributed by atoms with Crippen molar-refractivity contribution in [2.24, 2.45) is 0 Å². The molecule has 8 aromatic carbocycles. The van der Waals surface area contributed by atoms with Crippen LogP contribution in [0.3, 0.4) is 0 Å². The van der Waals surface area contributed by atoms with Crippen molar-refractivity contribution in [2.45, 2.75) is 38.8 Å². The summed E-state index contributed by atoms with van der Waals surface area (Å²) in [6.45, 7) is 4.68. The van der Waals surface area contributed by atoms with Gasteiger partial charge in [0.1, 0.15) is 5.58 Å². The Morgan fingerprint density at radius 2 is 1.25 bits per heavy atom. The smallest absolute Gasteiger partial charge is 0.333 e. The molecule has 0 fully saturated rings. The Labute approximate surface area is 340 Å². The summed E-state index contributed by atoms with van der Waals surface area (Å²) >= 11 is 3.78. The molecule has 0 unspecified atom stereocenters. The van der Waals surface area contributed by atoms with Crippen molar-refractivity contribution in [3.05, 3.63) is 175 Å². The van der Waals surface area contributed by atoms with E-state index in [2.05, 4.69) is 187 Å². The minimum Gasteiger partial charge on any atom is -0.454 e. The molecule has 13 rings (SSSR count). The first-order valence-corrected chi connectivity index (χ1v) is 21.3. The van der Waals surface area contributed by atoms with Gasteiger partial charge >= 0.3 is 6.85 Å². The maximum absolute atomic E-state index is 7.03. The highest BCUT2D eigenvalue weighted by Crippen LogP contribution is 2.58. The number of benzene rings is 8. The molecule has 0 N–H and O–H groups in total. The van der Waals surface area contributed by atoms with Gasteiger partial charge < -0.3 is 14.1 Å². The fourth-order valence-corrected chi connectivity index (χ4v) is 12.6. The maximum Gasteiger partial charge on any atom is 0.333 e. The van der Waals surface area contributed by atoms with Crippen LogP contribution < -0.4 is 20.6 Å². The monoisotopic (exact) mass is 764 g/mol. The minimum atomic E-state index is -0.180. The predicted molar refractivity (Wildman–Crippen MR) is 240 cm³/mol. The summed E-state index contributed by atoms with van der Waals surface area (Å²) in [5.74, 6) is 0. The molecule has 0 saturated heterocycles. The van der Waals surface area contributed by atoms with Gasteiger partial charge in [0, 0.05) is 52.7 Å². The van der Waals surface area contributed by atoms with Crippen LogP contribution in [-0.2, 0) is 5.41 Å². The SMILES string of the molecule is CC1(C)c2ccccc2Sc2cc3c(cc21)N(c1ccc(-c2ccccc2)cc1)B1c2cccc4c2N(c2ccccc2S4)c2c1c-3cc1c2oc2ccccc21. The van der Waals surface area contributed by atoms with Gasteiger partial charge in [-0.3, -0.25) is 0 Å². The Balaban J connectivity index is 1.17. The summed E-state index contributed by atoms with van der Waals surface area (Å²) in [4.78, 5) is 10.3. The second kappa shape index (κ2) is 11.5. The van der Waals surface area contributed by atoms with E-state index in [4.69, 9.17) is 4.42 Å². The third-order valence-corrected chi connectivity index (χ3v) is 14.9. The molecule has 5 heterocycles. The highest BCUT2D eigenvalue weighted by Gasteiger charge is 2.49. The largest absolute Gasteiger partial charge is 0.454 e. The first kappa shape index (κ1) is 32.1. The van der Waals surface area contributed by atoms with Crippen LogP contribution in [0, 0.1) is 0 Å². The number of furan rings is 1. The van der Waals surface area contributed by atoms with Crippen molar-refractivity contribution >= 4 is 91.7 Å². The fourth-order valence-electron chi connectivity index (χ4n) is 10.0. The number of fused-ring (bicyclic) bond motifs is 12. The predicted octanol–water partition coefficient (Wildman–Crippen LogP) is 13.2. The molecule has 0 aliphatic carbocycles. The van der Waals surface area contributed by atoms with Crippen molar-refractivity contribution in [2.75, 3.05) is 9.71 Å². The molecule has 1 aromatic heterocycles. The minimum absolute atomic E-state index is 0.107. The van der Waals surface area contributed by atoms with Crippen LogP contribution in [0.2, 0.25) is 0 Å². The Kier molecular flexibility index (Phi) is 6.47. The van der Waals surface area contributed by atoms with E-state index in [0.717, 1.165) is 27.6 Å². The zero-order chi connectivity index (χ0) is 37.6. The molecule has 4 aliphatic rings. The van der Waals surface area contributed by atoms with Crippen LogP contribution >= 0.6 is 23.5 Å². The molecule has 0 bridgehead atoms. The molecule has 0 atom stereocenters. The summed E-state index contributed by atoms with van der Waals surface area (Å²) in [5.41, 5.74) is 17.9. The van der Waals surface area contributed by atoms with Crippen molar-refractivity contribution in [3.8, 4) is 22.3 Å². The number of anilines is 5. The number of rotatable bonds is 2. The summed E-state index contributed by atoms with van der Waals surface area (Å²) in [6.07, 6.45) is 0. The average molecular weight is 765 g/mol. The fraction of sp³-hybridized carbons (Fsp3) is 0.0588. The zero-order valence-electron chi connectivity index (χ0n) is 31.3. The topological polar surface area (TPSA) is 19.6 Å². The van der Waals surface area contributed by atoms with E-state index in [0.29, 0.717) is 0 Å². The summed E-state index contributed by atoms with van der Waals surface area (Å²) in [5, 5.41) is 2.29. The summed E-state index contributed by atoms with van der Waals surface area (Å²) in [7, 11) is 0. The first-order chi connectivity index (χ1) is 28.0. The Morgan fingerprint density at radius 1 is 0.526 bits per heavy atom. The number of nitrogens with zero attached hydrogens (tertiary/aromatic N) is 2. The van der Waals surface area contributed by atoms with E-state index < -0.39 is 0 Å². The molecule has 0 spiro atoms. The Bertz CT molecular complexity index is 3190. The van der Waals surface area contributed by atoms with E-state index in [9.17, 15) is 0 Å². The molecular formula is C51H33BN2OS2. The van der Waals surface area contributed by atoms with E-state index in [-0.39, 0.29) is 12.3 Å². The third kappa shape index (κ3) is 4.32. The number of para-hydroxylation sites is 3. The lowest BCUT2D eigenvalue weighted by molar-refractivity contribution is 0.607. The van der Waals surface area contributed by atoms with Gasteiger partial charge in [-0.25, -0.2) is 0 Å². The van der Waals surface area contributed by atoms with Gasteiger partial charge in [0.05, 0.1) is 17.1 Å². The summed E-state index contributed by atoms with van der Waals surface area (Å²) in [6, 6.07) is 60.7. The van der Waals surface area contributed by atoms with Crippen LogP contribution in [0.25, 0.3) is 44.2 Å². The highest BCUT2D eigenvalue weighted by molar-refractivity contribution is 8.00. The highest BCUT2D eigenvalue weighted by atomic mass is 32.2. The second-order valence-electron chi connectivity index (χ2n) is 16.0. The summed E-state index contributed by atoms with van der Waals surface area (Å²) < 4.78 is 7.03. The lowest BCUT2D eigenvalue weighted by Gasteiger charge is -2.48. The van der Waals surface area contributed by atoms with Gasteiger partial charge in [-0.1, -0.05) is 140 Å². The van der Waals surface area contributed by atoms with Crippen molar-refractivity contribution in [1.82, 2.24) is 0 Å². The van der Waals surface area contributed by atoms with Gasteiger partial charge in [-0.15, -0.1) is 0 Å². The van der Waals surface area contributed by atoms with Crippen molar-refractivity contribution in [1.29, 1.82) is 0 Å². The van der Waals surface area contributed by atoms with Crippen LogP contribution in [0.5, 0.6) is 0 Å². The second-order valence-corrected chi connectivity index (χ2v) is 18.2. The van der Waals surface area contributed by atoms with Crippen molar-refractivity contribution < 1.29 is 4.42 Å². The van der Waals surface area contributed by atoms with E-state index in [1.54, 1.807) is 0 Å². The van der Waals surface area contributed by atoms with E-state index in [1.807, 2.05) is 23.5 Å². The van der Waals surface area contributed by atoms with Gasteiger partial charge in [-0.2, -0.15) is 0 Å². The van der Waals surface area contributed by atoms with Crippen LogP contribution in [0.15, 0.2) is 188 Å². The molecule has 57 heavy (non-hydrogen) atoms. The maximum atomic E-state index is 7.03. The molecule has 9 aromatic rings. The van der Waals surface area contributed by atoms with Crippen LogP contribution in [-0.4, -0.2) is 6.85 Å². The van der Waals surface area contributed by atoms with Crippen LogP contribution in [0.4, 0.5) is 28.4 Å². The first-order valence-electron chi connectivity index (χ1n) is 19.6. The number of hydrogen-bond acceptors (Lipinski definition) is 5.